The number of anilines is 3. The van der Waals surface area contributed by atoms with Crippen LogP contribution in [0.2, 0.25) is 0 Å². The van der Waals surface area contributed by atoms with E-state index in [9.17, 15) is 26.7 Å². The molecule has 0 aliphatic heterocycles. The van der Waals surface area contributed by atoms with Crippen molar-refractivity contribution in [3.8, 4) is 5.75 Å². The van der Waals surface area contributed by atoms with E-state index in [-0.39, 0.29) is 0 Å². The Kier molecular flexibility index (Phi) is 9.30. The summed E-state index contributed by atoms with van der Waals surface area (Å²) in [6, 6.07) is 23.3. The lowest BCUT2D eigenvalue weighted by molar-refractivity contribution is -0.197. The average Bonchev–Trinajstić information content (AvgIpc) is 2.87. The Hall–Kier alpha value is -3.27. The topological polar surface area (TPSA) is 38.8 Å². The fourth-order valence-corrected chi connectivity index (χ4v) is 4.13. The number of ether oxygens (including phenoxy) is 2. The number of benzene rings is 3. The molecular weight excluding hydrogens is 525 g/mol. The van der Waals surface area contributed by atoms with Crippen LogP contribution in [-0.2, 0) is 9.53 Å². The first kappa shape index (κ1) is 29.3. The quantitative estimate of drug-likeness (QED) is 0.158. The van der Waals surface area contributed by atoms with Crippen LogP contribution in [0.4, 0.5) is 39.0 Å². The minimum atomic E-state index is -5.20. The number of aryl methyl sites for hydroxylation is 2. The molecule has 0 amide bonds. The third-order valence-electron chi connectivity index (χ3n) is 5.89. The molecule has 2 unspecified atom stereocenters. The van der Waals surface area contributed by atoms with Gasteiger partial charge >= 0.3 is 12.1 Å². The first-order chi connectivity index (χ1) is 17.8. The van der Waals surface area contributed by atoms with Crippen molar-refractivity contribution in [2.75, 3.05) is 18.1 Å². The molecule has 3 rings (SSSR count). The van der Waals surface area contributed by atoms with Gasteiger partial charge in [0, 0.05) is 17.1 Å². The lowest BCUT2D eigenvalue weighted by Crippen LogP contribution is -2.46. The van der Waals surface area contributed by atoms with E-state index in [1.54, 1.807) is 13.8 Å². The number of hydrogen-bond donors (Lipinski definition) is 1. The largest absolute Gasteiger partial charge is 0.481 e. The molecule has 0 aliphatic carbocycles. The molecule has 0 saturated heterocycles. The number of thiol groups is 1. The van der Waals surface area contributed by atoms with Gasteiger partial charge in [0.15, 0.2) is 11.9 Å². The Bertz CT molecular complexity index is 1160. The number of rotatable bonds is 10. The molecule has 0 bridgehead atoms. The highest BCUT2D eigenvalue weighted by Crippen LogP contribution is 2.41. The van der Waals surface area contributed by atoms with Crippen molar-refractivity contribution in [3.05, 3.63) is 83.9 Å². The molecule has 0 aliphatic rings. The van der Waals surface area contributed by atoms with Crippen molar-refractivity contribution < 1.29 is 36.2 Å². The van der Waals surface area contributed by atoms with Gasteiger partial charge in [-0.1, -0.05) is 43.3 Å². The third kappa shape index (κ3) is 6.98. The van der Waals surface area contributed by atoms with E-state index in [2.05, 4.69) is 17.5 Å². The smallest absolute Gasteiger partial charge is 0.406 e. The maximum absolute atomic E-state index is 14.0. The molecule has 0 spiro atoms. The number of para-hydroxylation sites is 2. The van der Waals surface area contributed by atoms with Crippen LogP contribution in [0, 0.1) is 19.8 Å². The lowest BCUT2D eigenvalue weighted by atomic mass is 10.0. The van der Waals surface area contributed by atoms with Crippen LogP contribution in [0.15, 0.2) is 72.8 Å². The molecule has 0 saturated carbocycles. The summed E-state index contributed by atoms with van der Waals surface area (Å²) in [5.41, 5.74) is 4.17. The normalized spacial score (nSPS) is 13.5. The van der Waals surface area contributed by atoms with Gasteiger partial charge in [0.05, 0.1) is 12.5 Å². The number of carbonyl (C=O) groups excluding carboxylic acids is 1. The van der Waals surface area contributed by atoms with Crippen LogP contribution in [0.5, 0.6) is 5.75 Å². The van der Waals surface area contributed by atoms with Gasteiger partial charge in [0.2, 0.25) is 0 Å². The predicted molar refractivity (Wildman–Crippen MR) is 140 cm³/mol. The molecule has 0 radical (unpaired) electrons. The summed E-state index contributed by atoms with van der Waals surface area (Å²) in [7, 11) is 0. The lowest BCUT2D eigenvalue weighted by Gasteiger charge is -2.29. The highest BCUT2D eigenvalue weighted by atomic mass is 32.1. The van der Waals surface area contributed by atoms with E-state index in [1.165, 1.54) is 0 Å². The molecule has 3 aromatic carbocycles. The fraction of sp³-hybridized carbons (Fsp3) is 0.321. The Morgan fingerprint density at radius 2 is 1.34 bits per heavy atom. The number of hydrogen-bond acceptors (Lipinski definition) is 5. The molecule has 0 aromatic heterocycles. The van der Waals surface area contributed by atoms with Crippen molar-refractivity contribution in [3.63, 3.8) is 0 Å². The second kappa shape index (κ2) is 12.1. The predicted octanol–water partition coefficient (Wildman–Crippen LogP) is 7.83. The van der Waals surface area contributed by atoms with Gasteiger partial charge in [0.1, 0.15) is 5.75 Å². The summed E-state index contributed by atoms with van der Waals surface area (Å²) in [4.78, 5) is 14.2. The Morgan fingerprint density at radius 1 is 0.868 bits per heavy atom. The van der Waals surface area contributed by atoms with E-state index >= 15 is 0 Å². The van der Waals surface area contributed by atoms with Crippen molar-refractivity contribution in [2.24, 2.45) is 5.92 Å². The molecule has 4 nitrogen and oxygen atoms in total. The summed E-state index contributed by atoms with van der Waals surface area (Å²) >= 11 is 3.01. The molecule has 2 atom stereocenters. The zero-order valence-electron chi connectivity index (χ0n) is 21.0. The van der Waals surface area contributed by atoms with Crippen molar-refractivity contribution in [1.82, 2.24) is 0 Å². The van der Waals surface area contributed by atoms with Gasteiger partial charge in [-0.3, -0.25) is 0 Å². The van der Waals surface area contributed by atoms with Crippen LogP contribution < -0.4 is 9.64 Å². The highest BCUT2D eigenvalue weighted by molar-refractivity contribution is 7.81. The molecule has 0 heterocycles. The number of esters is 1. The summed E-state index contributed by atoms with van der Waals surface area (Å²) in [5, 5.41) is -3.17. The Morgan fingerprint density at radius 3 is 1.79 bits per heavy atom. The first-order valence-corrected chi connectivity index (χ1v) is 12.3. The van der Waals surface area contributed by atoms with E-state index in [1.807, 2.05) is 72.8 Å². The van der Waals surface area contributed by atoms with Crippen LogP contribution in [0.3, 0.4) is 0 Å². The molecule has 10 heteroatoms. The maximum atomic E-state index is 14.0. The van der Waals surface area contributed by atoms with Gasteiger partial charge < -0.3 is 14.4 Å². The summed E-state index contributed by atoms with van der Waals surface area (Å²) in [6.45, 7) is 2.96. The van der Waals surface area contributed by atoms with E-state index in [0.29, 0.717) is 16.9 Å². The maximum Gasteiger partial charge on any atom is 0.406 e. The van der Waals surface area contributed by atoms with E-state index in [0.717, 1.165) is 24.0 Å². The summed E-state index contributed by atoms with van der Waals surface area (Å²) in [5.74, 6) is -6.69. The third-order valence-corrected chi connectivity index (χ3v) is 6.53. The standard InChI is InChI=1S/C28H28F5NO3S/c1-18-14-23(34(21-10-6-4-7-11-21)22-12-8-5-9-13-22)15-19(2)25(18)37-17-24(35)36-16-20(3)27(29,30)26(38)28(31,32)33/h4-15,20,26,38H,16-17H2,1-3H3. The molecular formula is C28H28F5NO3S. The molecule has 3 aromatic rings. The molecule has 0 N–H and O–H groups in total. The zero-order valence-corrected chi connectivity index (χ0v) is 21.9. The van der Waals surface area contributed by atoms with Crippen LogP contribution >= 0.6 is 12.6 Å². The van der Waals surface area contributed by atoms with E-state index in [4.69, 9.17) is 9.47 Å². The summed E-state index contributed by atoms with van der Waals surface area (Å²) in [6.07, 6.45) is -5.20. The first-order valence-electron chi connectivity index (χ1n) is 11.7. The zero-order chi connectivity index (χ0) is 28.1. The van der Waals surface area contributed by atoms with E-state index < -0.39 is 42.4 Å². The number of carbonyl (C=O) groups is 1. The monoisotopic (exact) mass is 553 g/mol. The summed E-state index contributed by atoms with van der Waals surface area (Å²) < 4.78 is 76.5. The van der Waals surface area contributed by atoms with Crippen LogP contribution in [0.25, 0.3) is 0 Å². The SMILES string of the molecule is Cc1cc(N(c2ccccc2)c2ccccc2)cc(C)c1OCC(=O)OCC(C)C(F)(F)C(S)C(F)(F)F. The van der Waals surface area contributed by atoms with Gasteiger partial charge in [-0.25, -0.2) is 13.6 Å². The molecule has 0 fully saturated rings. The van der Waals surface area contributed by atoms with Crippen LogP contribution in [0.1, 0.15) is 18.1 Å². The van der Waals surface area contributed by atoms with Crippen molar-refractivity contribution in [2.45, 2.75) is 38.1 Å². The Balaban J connectivity index is 1.70. The minimum Gasteiger partial charge on any atom is -0.481 e. The fourth-order valence-electron chi connectivity index (χ4n) is 3.88. The van der Waals surface area contributed by atoms with Gasteiger partial charge in [0.25, 0.3) is 5.92 Å². The average molecular weight is 554 g/mol. The van der Waals surface area contributed by atoms with Gasteiger partial charge in [-0.15, -0.1) is 0 Å². The van der Waals surface area contributed by atoms with Crippen molar-refractivity contribution in [1.29, 1.82) is 0 Å². The molecule has 38 heavy (non-hydrogen) atoms. The minimum absolute atomic E-state index is 0.414. The number of nitrogens with zero attached hydrogens (tertiary/aromatic N) is 1. The van der Waals surface area contributed by atoms with Crippen LogP contribution in [-0.4, -0.2) is 36.5 Å². The molecule has 204 valence electrons. The van der Waals surface area contributed by atoms with Crippen molar-refractivity contribution >= 4 is 35.7 Å². The second-order valence-electron chi connectivity index (χ2n) is 8.91. The second-order valence-corrected chi connectivity index (χ2v) is 9.42. The Labute approximate surface area is 223 Å². The van der Waals surface area contributed by atoms with Gasteiger partial charge in [-0.2, -0.15) is 25.8 Å². The van der Waals surface area contributed by atoms with Gasteiger partial charge in [-0.05, 0) is 61.4 Å². The highest BCUT2D eigenvalue weighted by Gasteiger charge is 2.56. The number of alkyl halides is 5. The number of halogens is 5.